The summed E-state index contributed by atoms with van der Waals surface area (Å²) in [7, 11) is -3.51. The van der Waals surface area contributed by atoms with Crippen LogP contribution in [-0.2, 0) is 14.8 Å². The molecular weight excluding hydrogens is 350 g/mol. The third-order valence-electron chi connectivity index (χ3n) is 5.56. The van der Waals surface area contributed by atoms with E-state index in [1.807, 2.05) is 12.1 Å². The van der Waals surface area contributed by atoms with Gasteiger partial charge in [-0.2, -0.15) is 4.31 Å². The van der Waals surface area contributed by atoms with Crippen LogP contribution in [-0.4, -0.2) is 55.8 Å². The van der Waals surface area contributed by atoms with E-state index in [1.54, 1.807) is 17.0 Å². The van der Waals surface area contributed by atoms with Crippen LogP contribution < -0.4 is 5.73 Å². The van der Waals surface area contributed by atoms with Crippen molar-refractivity contribution in [3.05, 3.63) is 29.8 Å². The predicted octanol–water partition coefficient (Wildman–Crippen LogP) is 1.77. The lowest BCUT2D eigenvalue weighted by Crippen LogP contribution is -2.51. The molecule has 1 aromatic carbocycles. The maximum Gasteiger partial charge on any atom is 0.243 e. The van der Waals surface area contributed by atoms with Gasteiger partial charge in [0.2, 0.25) is 15.9 Å². The fraction of sp³-hybridized carbons (Fsp3) is 0.632. The molecule has 1 aliphatic heterocycles. The number of carbonyl (C=O) groups excluding carboxylic acids is 1. The Labute approximate surface area is 156 Å². The molecule has 1 saturated carbocycles. The second kappa shape index (κ2) is 7.66. The maximum atomic E-state index is 12.9. The second-order valence-corrected chi connectivity index (χ2v) is 9.66. The highest BCUT2D eigenvalue weighted by Crippen LogP contribution is 2.27. The SMILES string of the molecule is CC(C)c1ccc(S(=O)(=O)N2CCN(C(=O)C3CCC(N)C3)CC2)cc1. The standard InChI is InChI=1S/C19H29N3O3S/c1-14(2)15-4-7-18(8-5-15)26(24,25)22-11-9-21(10-12-22)19(23)16-3-6-17(20)13-16/h4-5,7-8,14,16-17H,3,6,9-13,20H2,1-2H3. The van der Waals surface area contributed by atoms with E-state index in [9.17, 15) is 13.2 Å². The highest BCUT2D eigenvalue weighted by Gasteiger charge is 2.35. The number of nitrogens with two attached hydrogens (primary N) is 1. The van der Waals surface area contributed by atoms with Gasteiger partial charge in [0.05, 0.1) is 4.90 Å². The zero-order chi connectivity index (χ0) is 18.9. The summed E-state index contributed by atoms with van der Waals surface area (Å²) in [5.41, 5.74) is 7.03. The molecule has 144 valence electrons. The highest BCUT2D eigenvalue weighted by molar-refractivity contribution is 7.89. The summed E-state index contributed by atoms with van der Waals surface area (Å²) < 4.78 is 27.2. The van der Waals surface area contributed by atoms with Crippen molar-refractivity contribution in [2.24, 2.45) is 11.7 Å². The molecule has 7 heteroatoms. The van der Waals surface area contributed by atoms with Crippen LogP contribution >= 0.6 is 0 Å². The van der Waals surface area contributed by atoms with Gasteiger partial charge in [-0.3, -0.25) is 4.79 Å². The van der Waals surface area contributed by atoms with Crippen molar-refractivity contribution >= 4 is 15.9 Å². The van der Waals surface area contributed by atoms with Crippen LogP contribution in [0.15, 0.2) is 29.2 Å². The van der Waals surface area contributed by atoms with Gasteiger partial charge >= 0.3 is 0 Å². The molecule has 1 amide bonds. The Hall–Kier alpha value is -1.44. The molecule has 1 saturated heterocycles. The van der Waals surface area contributed by atoms with Gasteiger partial charge in [-0.15, -0.1) is 0 Å². The average Bonchev–Trinajstić information content (AvgIpc) is 3.07. The maximum absolute atomic E-state index is 12.9. The molecule has 2 fully saturated rings. The molecule has 0 spiro atoms. The second-order valence-electron chi connectivity index (χ2n) is 7.72. The molecule has 2 atom stereocenters. The van der Waals surface area contributed by atoms with Crippen LogP contribution in [0.2, 0.25) is 0 Å². The molecule has 1 aliphatic carbocycles. The van der Waals surface area contributed by atoms with E-state index in [1.165, 1.54) is 4.31 Å². The Kier molecular flexibility index (Phi) is 5.69. The molecule has 0 aromatic heterocycles. The first-order valence-corrected chi connectivity index (χ1v) is 10.9. The van der Waals surface area contributed by atoms with Crippen molar-refractivity contribution in [3.63, 3.8) is 0 Å². The van der Waals surface area contributed by atoms with Gasteiger partial charge < -0.3 is 10.6 Å². The molecule has 2 aliphatic rings. The minimum Gasteiger partial charge on any atom is -0.340 e. The zero-order valence-electron chi connectivity index (χ0n) is 15.6. The Balaban J connectivity index is 1.62. The van der Waals surface area contributed by atoms with Gasteiger partial charge in [0, 0.05) is 38.1 Å². The van der Waals surface area contributed by atoms with Crippen molar-refractivity contribution in [2.75, 3.05) is 26.2 Å². The van der Waals surface area contributed by atoms with Crippen molar-refractivity contribution in [2.45, 2.75) is 50.0 Å². The smallest absolute Gasteiger partial charge is 0.243 e. The van der Waals surface area contributed by atoms with E-state index >= 15 is 0 Å². The molecular formula is C19H29N3O3S. The lowest BCUT2D eigenvalue weighted by molar-refractivity contribution is -0.136. The number of nitrogens with zero attached hydrogens (tertiary/aromatic N) is 2. The molecule has 1 aromatic rings. The van der Waals surface area contributed by atoms with Crippen LogP contribution in [0.1, 0.15) is 44.6 Å². The lowest BCUT2D eigenvalue weighted by Gasteiger charge is -2.35. The zero-order valence-corrected chi connectivity index (χ0v) is 16.4. The monoisotopic (exact) mass is 379 g/mol. The van der Waals surface area contributed by atoms with Crippen molar-refractivity contribution in [1.82, 2.24) is 9.21 Å². The lowest BCUT2D eigenvalue weighted by atomic mass is 10.0. The van der Waals surface area contributed by atoms with Crippen LogP contribution in [0, 0.1) is 5.92 Å². The van der Waals surface area contributed by atoms with Crippen molar-refractivity contribution in [1.29, 1.82) is 0 Å². The van der Waals surface area contributed by atoms with Crippen molar-refractivity contribution in [3.8, 4) is 0 Å². The number of sulfonamides is 1. The van der Waals surface area contributed by atoms with E-state index in [2.05, 4.69) is 13.8 Å². The summed E-state index contributed by atoms with van der Waals surface area (Å²) in [4.78, 5) is 14.7. The fourth-order valence-electron chi connectivity index (χ4n) is 3.82. The Morgan fingerprint density at radius 2 is 1.69 bits per heavy atom. The number of amides is 1. The molecule has 3 rings (SSSR count). The summed E-state index contributed by atoms with van der Waals surface area (Å²) in [6, 6.07) is 7.24. The highest BCUT2D eigenvalue weighted by atomic mass is 32.2. The third kappa shape index (κ3) is 3.94. The summed E-state index contributed by atoms with van der Waals surface area (Å²) in [6.07, 6.45) is 2.50. The number of carbonyl (C=O) groups is 1. The molecule has 1 heterocycles. The first-order chi connectivity index (χ1) is 12.3. The van der Waals surface area contributed by atoms with Gasteiger partial charge in [0.1, 0.15) is 0 Å². The Morgan fingerprint density at radius 1 is 1.08 bits per heavy atom. The molecule has 0 bridgehead atoms. The van der Waals surface area contributed by atoms with Crippen LogP contribution in [0.3, 0.4) is 0 Å². The van der Waals surface area contributed by atoms with Gasteiger partial charge in [0.15, 0.2) is 0 Å². The first kappa shape index (κ1) is 19.3. The van der Waals surface area contributed by atoms with E-state index in [0.717, 1.165) is 24.8 Å². The molecule has 6 nitrogen and oxygen atoms in total. The van der Waals surface area contributed by atoms with Crippen LogP contribution in [0.25, 0.3) is 0 Å². The predicted molar refractivity (Wildman–Crippen MR) is 101 cm³/mol. The van der Waals surface area contributed by atoms with E-state index < -0.39 is 10.0 Å². The number of hydrogen-bond acceptors (Lipinski definition) is 4. The largest absolute Gasteiger partial charge is 0.340 e. The summed E-state index contributed by atoms with van der Waals surface area (Å²) in [5.74, 6) is 0.512. The number of hydrogen-bond donors (Lipinski definition) is 1. The van der Waals surface area contributed by atoms with Gasteiger partial charge in [-0.05, 0) is 42.9 Å². The third-order valence-corrected chi connectivity index (χ3v) is 7.47. The molecule has 0 radical (unpaired) electrons. The number of benzene rings is 1. The van der Waals surface area contributed by atoms with Crippen LogP contribution in [0.5, 0.6) is 0 Å². The van der Waals surface area contributed by atoms with Crippen LogP contribution in [0.4, 0.5) is 0 Å². The van der Waals surface area contributed by atoms with E-state index in [-0.39, 0.29) is 17.9 Å². The topological polar surface area (TPSA) is 83.7 Å². The Bertz CT molecular complexity index is 738. The molecule has 2 unspecified atom stereocenters. The van der Waals surface area contributed by atoms with Gasteiger partial charge in [-0.25, -0.2) is 8.42 Å². The minimum atomic E-state index is -3.51. The minimum absolute atomic E-state index is 0.0109. The number of rotatable bonds is 4. The number of piperazine rings is 1. The summed E-state index contributed by atoms with van der Waals surface area (Å²) >= 11 is 0. The molecule has 2 N–H and O–H groups in total. The van der Waals surface area contributed by atoms with E-state index in [0.29, 0.717) is 37.0 Å². The average molecular weight is 380 g/mol. The summed E-state index contributed by atoms with van der Waals surface area (Å²) in [6.45, 7) is 5.76. The summed E-state index contributed by atoms with van der Waals surface area (Å²) in [5, 5.41) is 0. The van der Waals surface area contributed by atoms with E-state index in [4.69, 9.17) is 5.73 Å². The molecule has 26 heavy (non-hydrogen) atoms. The quantitative estimate of drug-likeness (QED) is 0.864. The van der Waals surface area contributed by atoms with Gasteiger partial charge in [-0.1, -0.05) is 26.0 Å². The fourth-order valence-corrected chi connectivity index (χ4v) is 5.24. The first-order valence-electron chi connectivity index (χ1n) is 9.43. The normalized spacial score (nSPS) is 25.0. The van der Waals surface area contributed by atoms with Gasteiger partial charge in [0.25, 0.3) is 0 Å². The van der Waals surface area contributed by atoms with Crippen molar-refractivity contribution < 1.29 is 13.2 Å². The Morgan fingerprint density at radius 3 is 2.19 bits per heavy atom.